The molecule has 5 heteroatoms. The van der Waals surface area contributed by atoms with Gasteiger partial charge in [0.2, 0.25) is 5.95 Å². The first-order chi connectivity index (χ1) is 12.7. The highest BCUT2D eigenvalue weighted by Gasteiger charge is 2.25. The van der Waals surface area contributed by atoms with Gasteiger partial charge < -0.3 is 10.6 Å². The van der Waals surface area contributed by atoms with E-state index in [1.165, 1.54) is 0 Å². The van der Waals surface area contributed by atoms with Crippen LogP contribution in [-0.4, -0.2) is 15.8 Å². The van der Waals surface area contributed by atoms with Gasteiger partial charge in [-0.25, -0.2) is 4.98 Å². The zero-order chi connectivity index (χ0) is 17.9. The lowest BCUT2D eigenvalue weighted by atomic mass is 9.95. The molecular formula is C21H20N4O. The van der Waals surface area contributed by atoms with E-state index in [0.717, 1.165) is 35.5 Å². The van der Waals surface area contributed by atoms with Gasteiger partial charge in [-0.3, -0.25) is 4.79 Å². The van der Waals surface area contributed by atoms with Gasteiger partial charge in [-0.15, -0.1) is 0 Å². The van der Waals surface area contributed by atoms with Gasteiger partial charge in [-0.1, -0.05) is 36.4 Å². The number of hydrogen-bond acceptors (Lipinski definition) is 5. The lowest BCUT2D eigenvalue weighted by molar-refractivity contribution is 0.0972. The molecule has 1 aliphatic rings. The van der Waals surface area contributed by atoms with Crippen LogP contribution in [0, 0.1) is 6.92 Å². The molecule has 2 N–H and O–H groups in total. The Kier molecular flexibility index (Phi) is 4.35. The van der Waals surface area contributed by atoms with Crippen LogP contribution < -0.4 is 10.6 Å². The summed E-state index contributed by atoms with van der Waals surface area (Å²) in [5.41, 5.74) is 4.39. The van der Waals surface area contributed by atoms with E-state index < -0.39 is 0 Å². The maximum absolute atomic E-state index is 12.5. The third-order valence-electron chi connectivity index (χ3n) is 4.51. The van der Waals surface area contributed by atoms with Crippen LogP contribution in [0.3, 0.4) is 0 Å². The summed E-state index contributed by atoms with van der Waals surface area (Å²) in [6.45, 7) is 2.03. The summed E-state index contributed by atoms with van der Waals surface area (Å²) in [5, 5.41) is 6.58. The van der Waals surface area contributed by atoms with Crippen LogP contribution in [0.4, 0.5) is 23.1 Å². The summed E-state index contributed by atoms with van der Waals surface area (Å²) < 4.78 is 0. The fourth-order valence-corrected chi connectivity index (χ4v) is 3.16. The van der Waals surface area contributed by atoms with Crippen molar-refractivity contribution in [3.05, 3.63) is 71.4 Å². The molecule has 1 heterocycles. The second-order valence-electron chi connectivity index (χ2n) is 6.43. The van der Waals surface area contributed by atoms with Crippen molar-refractivity contribution in [2.45, 2.75) is 26.2 Å². The third kappa shape index (κ3) is 3.28. The van der Waals surface area contributed by atoms with Crippen molar-refractivity contribution in [3.8, 4) is 0 Å². The second kappa shape index (κ2) is 6.96. The van der Waals surface area contributed by atoms with Gasteiger partial charge in [-0.2, -0.15) is 4.98 Å². The van der Waals surface area contributed by atoms with E-state index in [4.69, 9.17) is 0 Å². The summed E-state index contributed by atoms with van der Waals surface area (Å²) in [5.74, 6) is 1.18. The van der Waals surface area contributed by atoms with E-state index in [2.05, 4.69) is 20.6 Å². The second-order valence-corrected chi connectivity index (χ2v) is 6.43. The summed E-state index contributed by atoms with van der Waals surface area (Å²) in [7, 11) is 0. The molecule has 0 amide bonds. The molecule has 4 rings (SSSR count). The lowest BCUT2D eigenvalue weighted by Crippen LogP contribution is -2.18. The fourth-order valence-electron chi connectivity index (χ4n) is 3.16. The molecule has 0 fully saturated rings. The standard InChI is InChI=1S/C21H20N4O/c1-14-8-5-6-11-16(14)23-20-19-17(12-7-13-18(19)26)24-21(25-20)22-15-9-3-2-4-10-15/h2-6,8-11H,7,12-13H2,1H3,(H2,22,23,24,25). The monoisotopic (exact) mass is 344 g/mol. The molecule has 0 unspecified atom stereocenters. The van der Waals surface area contributed by atoms with Crippen LogP contribution in [-0.2, 0) is 6.42 Å². The number of fused-ring (bicyclic) bond motifs is 1. The predicted molar refractivity (Wildman–Crippen MR) is 103 cm³/mol. The van der Waals surface area contributed by atoms with Crippen molar-refractivity contribution in [2.75, 3.05) is 10.6 Å². The Morgan fingerprint density at radius 1 is 0.885 bits per heavy atom. The van der Waals surface area contributed by atoms with E-state index in [1.807, 2.05) is 61.5 Å². The number of rotatable bonds is 4. The molecular weight excluding hydrogens is 324 g/mol. The minimum absolute atomic E-state index is 0.105. The molecule has 26 heavy (non-hydrogen) atoms. The number of Topliss-reactive ketones (excluding diaryl/α,β-unsaturated/α-hetero) is 1. The highest BCUT2D eigenvalue weighted by molar-refractivity contribution is 6.03. The molecule has 0 spiro atoms. The van der Waals surface area contributed by atoms with Crippen LogP contribution in [0.1, 0.15) is 34.5 Å². The van der Waals surface area contributed by atoms with Crippen molar-refractivity contribution < 1.29 is 4.79 Å². The zero-order valence-electron chi connectivity index (χ0n) is 14.6. The topological polar surface area (TPSA) is 66.9 Å². The Labute approximate surface area is 152 Å². The van der Waals surface area contributed by atoms with Crippen LogP contribution in [0.5, 0.6) is 0 Å². The molecule has 0 radical (unpaired) electrons. The van der Waals surface area contributed by atoms with Gasteiger partial charge in [-0.05, 0) is 43.5 Å². The van der Waals surface area contributed by atoms with Crippen molar-refractivity contribution in [1.29, 1.82) is 0 Å². The minimum atomic E-state index is 0.105. The predicted octanol–water partition coefficient (Wildman–Crippen LogP) is 4.79. The van der Waals surface area contributed by atoms with Crippen molar-refractivity contribution in [1.82, 2.24) is 9.97 Å². The fraction of sp³-hybridized carbons (Fsp3) is 0.190. The smallest absolute Gasteiger partial charge is 0.229 e. The van der Waals surface area contributed by atoms with Gasteiger partial charge in [0.1, 0.15) is 5.82 Å². The number of nitrogens with one attached hydrogen (secondary N) is 2. The quantitative estimate of drug-likeness (QED) is 0.712. The molecule has 5 nitrogen and oxygen atoms in total. The van der Waals surface area contributed by atoms with E-state index in [9.17, 15) is 4.79 Å². The van der Waals surface area contributed by atoms with Crippen LogP contribution in [0.25, 0.3) is 0 Å². The molecule has 2 aromatic carbocycles. The van der Waals surface area contributed by atoms with Gasteiger partial charge in [0.25, 0.3) is 0 Å². The Morgan fingerprint density at radius 3 is 2.46 bits per heavy atom. The Bertz CT molecular complexity index is 953. The molecule has 0 saturated heterocycles. The van der Waals surface area contributed by atoms with Gasteiger partial charge in [0.05, 0.1) is 11.3 Å². The van der Waals surface area contributed by atoms with Gasteiger partial charge in [0.15, 0.2) is 5.78 Å². The van der Waals surface area contributed by atoms with E-state index in [1.54, 1.807) is 0 Å². The van der Waals surface area contributed by atoms with Crippen molar-refractivity contribution >= 4 is 28.9 Å². The normalized spacial score (nSPS) is 13.2. The Hall–Kier alpha value is -3.21. The number of carbonyl (C=O) groups excluding carboxylic acids is 1. The van der Waals surface area contributed by atoms with Gasteiger partial charge >= 0.3 is 0 Å². The molecule has 1 aliphatic carbocycles. The first kappa shape index (κ1) is 16.3. The summed E-state index contributed by atoms with van der Waals surface area (Å²) in [6, 6.07) is 17.8. The number of aromatic nitrogens is 2. The first-order valence-corrected chi connectivity index (χ1v) is 8.79. The number of nitrogens with zero attached hydrogens (tertiary/aromatic N) is 2. The number of carbonyl (C=O) groups is 1. The maximum Gasteiger partial charge on any atom is 0.229 e. The van der Waals surface area contributed by atoms with Gasteiger partial charge in [0, 0.05) is 17.8 Å². The highest BCUT2D eigenvalue weighted by Crippen LogP contribution is 2.30. The first-order valence-electron chi connectivity index (χ1n) is 8.79. The number of hydrogen-bond donors (Lipinski definition) is 2. The summed E-state index contributed by atoms with van der Waals surface area (Å²) in [6.07, 6.45) is 2.16. The molecule has 1 aromatic heterocycles. The van der Waals surface area contributed by atoms with E-state index in [0.29, 0.717) is 23.8 Å². The molecule has 130 valence electrons. The number of benzene rings is 2. The molecule has 0 bridgehead atoms. The highest BCUT2D eigenvalue weighted by atomic mass is 16.1. The summed E-state index contributed by atoms with van der Waals surface area (Å²) in [4.78, 5) is 21.7. The molecule has 0 saturated carbocycles. The lowest BCUT2D eigenvalue weighted by Gasteiger charge is -2.20. The van der Waals surface area contributed by atoms with Crippen LogP contribution in [0.15, 0.2) is 54.6 Å². The molecule has 0 atom stereocenters. The third-order valence-corrected chi connectivity index (χ3v) is 4.51. The Balaban J connectivity index is 1.76. The van der Waals surface area contributed by atoms with E-state index >= 15 is 0 Å². The number of anilines is 4. The minimum Gasteiger partial charge on any atom is -0.339 e. The van der Waals surface area contributed by atoms with E-state index in [-0.39, 0.29) is 5.78 Å². The number of ketones is 1. The van der Waals surface area contributed by atoms with Crippen LogP contribution in [0.2, 0.25) is 0 Å². The number of para-hydroxylation sites is 2. The SMILES string of the molecule is Cc1ccccc1Nc1nc(Nc2ccccc2)nc2c1C(=O)CCC2. The van der Waals surface area contributed by atoms with Crippen LogP contribution >= 0.6 is 0 Å². The largest absolute Gasteiger partial charge is 0.339 e. The zero-order valence-corrected chi connectivity index (χ0v) is 14.6. The van der Waals surface area contributed by atoms with Crippen molar-refractivity contribution in [2.24, 2.45) is 0 Å². The Morgan fingerprint density at radius 2 is 1.65 bits per heavy atom. The molecule has 3 aromatic rings. The summed E-state index contributed by atoms with van der Waals surface area (Å²) >= 11 is 0. The number of aryl methyl sites for hydroxylation is 2. The molecule has 0 aliphatic heterocycles. The average Bonchev–Trinajstić information content (AvgIpc) is 2.64. The maximum atomic E-state index is 12.5. The van der Waals surface area contributed by atoms with Crippen molar-refractivity contribution in [3.63, 3.8) is 0 Å². The average molecular weight is 344 g/mol.